The van der Waals surface area contributed by atoms with Gasteiger partial charge in [0.1, 0.15) is 0 Å². The summed E-state index contributed by atoms with van der Waals surface area (Å²) in [6.07, 6.45) is 12.9. The largest absolute Gasteiger partial charge is 0.103 e. The van der Waals surface area contributed by atoms with Gasteiger partial charge in [-0.1, -0.05) is 79.2 Å². The Morgan fingerprint density at radius 3 is 1.50 bits per heavy atom. The van der Waals surface area contributed by atoms with E-state index >= 15 is 0 Å². The molecule has 0 aromatic carbocycles. The number of hydrogen-bond acceptors (Lipinski definition) is 0. The van der Waals surface area contributed by atoms with Crippen molar-refractivity contribution in [1.82, 2.24) is 0 Å². The van der Waals surface area contributed by atoms with Crippen LogP contribution < -0.4 is 0 Å². The SMILES string of the molecule is C=CCCC(C)(C)C.CCCCCCCC. The van der Waals surface area contributed by atoms with Crippen LogP contribution in [-0.2, 0) is 0 Å². The van der Waals surface area contributed by atoms with E-state index < -0.39 is 0 Å². The van der Waals surface area contributed by atoms with Gasteiger partial charge >= 0.3 is 0 Å². The molecule has 0 bridgehead atoms. The molecule has 0 fully saturated rings. The molecular weight excluding hydrogens is 192 g/mol. The van der Waals surface area contributed by atoms with Crippen molar-refractivity contribution in [2.24, 2.45) is 5.41 Å². The molecule has 0 amide bonds. The smallest absolute Gasteiger partial charge is 0.0348 e. The van der Waals surface area contributed by atoms with Crippen molar-refractivity contribution in [2.75, 3.05) is 0 Å². The highest BCUT2D eigenvalue weighted by molar-refractivity contribution is 4.71. The van der Waals surface area contributed by atoms with Crippen molar-refractivity contribution < 1.29 is 0 Å². The number of unbranched alkanes of at least 4 members (excludes halogenated alkanes) is 5. The van der Waals surface area contributed by atoms with E-state index in [1.165, 1.54) is 44.9 Å². The topological polar surface area (TPSA) is 0 Å². The molecule has 0 aromatic heterocycles. The molecule has 0 heterocycles. The summed E-state index contributed by atoms with van der Waals surface area (Å²) in [4.78, 5) is 0. The predicted molar refractivity (Wildman–Crippen MR) is 77.9 cm³/mol. The molecule has 0 radical (unpaired) electrons. The summed E-state index contributed by atoms with van der Waals surface area (Å²) >= 11 is 0. The molecule has 0 nitrogen and oxygen atoms in total. The van der Waals surface area contributed by atoms with Crippen molar-refractivity contribution in [3.63, 3.8) is 0 Å². The Labute approximate surface area is 105 Å². The van der Waals surface area contributed by atoms with Crippen molar-refractivity contribution in [3.05, 3.63) is 12.7 Å². The van der Waals surface area contributed by atoms with Crippen LogP contribution in [0.4, 0.5) is 0 Å². The third-order valence-corrected chi connectivity index (χ3v) is 2.56. The Bertz CT molecular complexity index is 121. The van der Waals surface area contributed by atoms with Gasteiger partial charge in [-0.3, -0.25) is 0 Å². The summed E-state index contributed by atoms with van der Waals surface area (Å²) < 4.78 is 0. The van der Waals surface area contributed by atoms with E-state index in [1.807, 2.05) is 6.08 Å². The Hall–Kier alpha value is -0.260. The molecule has 0 aliphatic heterocycles. The highest BCUT2D eigenvalue weighted by atomic mass is 14.1. The first-order valence-electron chi connectivity index (χ1n) is 7.08. The molecule has 0 saturated heterocycles. The van der Waals surface area contributed by atoms with Crippen molar-refractivity contribution in [3.8, 4) is 0 Å². The zero-order chi connectivity index (χ0) is 12.9. The van der Waals surface area contributed by atoms with Gasteiger partial charge in [0.25, 0.3) is 0 Å². The maximum atomic E-state index is 3.66. The Kier molecular flexibility index (Phi) is 14.5. The van der Waals surface area contributed by atoms with Gasteiger partial charge in [0, 0.05) is 0 Å². The Morgan fingerprint density at radius 2 is 1.31 bits per heavy atom. The average molecular weight is 226 g/mol. The first-order chi connectivity index (χ1) is 7.47. The molecule has 0 heteroatoms. The van der Waals surface area contributed by atoms with Gasteiger partial charge < -0.3 is 0 Å². The maximum Gasteiger partial charge on any atom is -0.0348 e. The molecule has 0 aliphatic rings. The minimum Gasteiger partial charge on any atom is -0.103 e. The molecule has 0 atom stereocenters. The Balaban J connectivity index is 0. The third-order valence-electron chi connectivity index (χ3n) is 2.56. The average Bonchev–Trinajstić information content (AvgIpc) is 2.22. The monoisotopic (exact) mass is 226 g/mol. The van der Waals surface area contributed by atoms with Gasteiger partial charge in [-0.25, -0.2) is 0 Å². The first-order valence-corrected chi connectivity index (χ1v) is 7.08. The van der Waals surface area contributed by atoms with E-state index in [1.54, 1.807) is 0 Å². The zero-order valence-electron chi connectivity index (χ0n) is 12.4. The molecular formula is C16H34. The van der Waals surface area contributed by atoms with Crippen LogP contribution in [-0.4, -0.2) is 0 Å². The van der Waals surface area contributed by atoms with Crippen LogP contribution in [0.3, 0.4) is 0 Å². The normalized spacial score (nSPS) is 10.6. The summed E-state index contributed by atoms with van der Waals surface area (Å²) in [6, 6.07) is 0. The van der Waals surface area contributed by atoms with Gasteiger partial charge in [0.15, 0.2) is 0 Å². The minimum atomic E-state index is 0.480. The summed E-state index contributed by atoms with van der Waals surface area (Å²) in [5.41, 5.74) is 0.480. The van der Waals surface area contributed by atoms with Crippen molar-refractivity contribution in [1.29, 1.82) is 0 Å². The quantitative estimate of drug-likeness (QED) is 0.350. The number of hydrogen-bond donors (Lipinski definition) is 0. The predicted octanol–water partition coefficient (Wildman–Crippen LogP) is 6.37. The second-order valence-electron chi connectivity index (χ2n) is 5.80. The fraction of sp³-hybridized carbons (Fsp3) is 0.875. The minimum absolute atomic E-state index is 0.480. The number of rotatable bonds is 7. The lowest BCUT2D eigenvalue weighted by molar-refractivity contribution is 0.381. The number of allylic oxidation sites excluding steroid dienone is 1. The second-order valence-corrected chi connectivity index (χ2v) is 5.80. The van der Waals surface area contributed by atoms with Crippen LogP contribution in [0.5, 0.6) is 0 Å². The molecule has 98 valence electrons. The molecule has 0 unspecified atom stereocenters. The molecule has 16 heavy (non-hydrogen) atoms. The molecule has 0 aromatic rings. The standard InChI is InChI=1S/C8H16.C8H18/c1-5-6-7-8(2,3)4;1-3-5-7-8-6-4-2/h5H,1,6-7H2,2-4H3;3-8H2,1-2H3. The van der Waals surface area contributed by atoms with E-state index in [0.717, 1.165) is 6.42 Å². The molecule has 0 aliphatic carbocycles. The van der Waals surface area contributed by atoms with Crippen LogP contribution in [0.25, 0.3) is 0 Å². The van der Waals surface area contributed by atoms with E-state index in [0.29, 0.717) is 5.41 Å². The van der Waals surface area contributed by atoms with Crippen LogP contribution in [0, 0.1) is 5.41 Å². The first kappa shape index (κ1) is 18.1. The second kappa shape index (κ2) is 12.8. The molecule has 0 saturated carbocycles. The van der Waals surface area contributed by atoms with E-state index in [4.69, 9.17) is 0 Å². The fourth-order valence-electron chi connectivity index (χ4n) is 1.39. The summed E-state index contributed by atoms with van der Waals surface area (Å²) in [7, 11) is 0. The van der Waals surface area contributed by atoms with E-state index in [2.05, 4.69) is 41.2 Å². The Morgan fingerprint density at radius 1 is 0.875 bits per heavy atom. The molecule has 0 rings (SSSR count). The zero-order valence-corrected chi connectivity index (χ0v) is 12.4. The van der Waals surface area contributed by atoms with Gasteiger partial charge in [-0.15, -0.1) is 6.58 Å². The summed E-state index contributed by atoms with van der Waals surface area (Å²) in [5, 5.41) is 0. The lowest BCUT2D eigenvalue weighted by atomic mass is 9.91. The lowest BCUT2D eigenvalue weighted by Crippen LogP contribution is -2.02. The van der Waals surface area contributed by atoms with Gasteiger partial charge in [-0.05, 0) is 18.3 Å². The molecule has 0 spiro atoms. The van der Waals surface area contributed by atoms with Gasteiger partial charge in [-0.2, -0.15) is 0 Å². The van der Waals surface area contributed by atoms with Crippen molar-refractivity contribution in [2.45, 2.75) is 86.0 Å². The van der Waals surface area contributed by atoms with E-state index in [-0.39, 0.29) is 0 Å². The lowest BCUT2D eigenvalue weighted by Gasteiger charge is -2.15. The van der Waals surface area contributed by atoms with Crippen LogP contribution >= 0.6 is 0 Å². The van der Waals surface area contributed by atoms with Gasteiger partial charge in [0.05, 0.1) is 0 Å². The third kappa shape index (κ3) is 23.5. The van der Waals surface area contributed by atoms with E-state index in [9.17, 15) is 0 Å². The fourth-order valence-corrected chi connectivity index (χ4v) is 1.39. The summed E-state index contributed by atoms with van der Waals surface area (Å²) in [6.45, 7) is 14.9. The molecule has 0 N–H and O–H groups in total. The summed E-state index contributed by atoms with van der Waals surface area (Å²) in [5.74, 6) is 0. The van der Waals surface area contributed by atoms with Crippen LogP contribution in [0.15, 0.2) is 12.7 Å². The van der Waals surface area contributed by atoms with Crippen molar-refractivity contribution >= 4 is 0 Å². The van der Waals surface area contributed by atoms with Crippen LogP contribution in [0.1, 0.15) is 86.0 Å². The van der Waals surface area contributed by atoms with Crippen LogP contribution in [0.2, 0.25) is 0 Å². The highest BCUT2D eigenvalue weighted by Crippen LogP contribution is 2.20. The maximum absolute atomic E-state index is 3.66. The highest BCUT2D eigenvalue weighted by Gasteiger charge is 2.06. The van der Waals surface area contributed by atoms with Gasteiger partial charge in [0.2, 0.25) is 0 Å².